The number of thioether (sulfide) groups is 1. The lowest BCUT2D eigenvalue weighted by molar-refractivity contribution is -0.125. The minimum Gasteiger partial charge on any atom is -0.462 e. The number of para-hydroxylation sites is 2. The van der Waals surface area contributed by atoms with Crippen LogP contribution < -0.4 is 5.69 Å². The number of H-pyrrole nitrogens is 1. The van der Waals surface area contributed by atoms with Crippen LogP contribution in [0.4, 0.5) is 0 Å². The third-order valence-corrected chi connectivity index (χ3v) is 5.46. The zero-order valence-corrected chi connectivity index (χ0v) is 17.2. The van der Waals surface area contributed by atoms with Crippen molar-refractivity contribution in [3.05, 3.63) is 64.6 Å². The molecule has 2 aromatic carbocycles. The van der Waals surface area contributed by atoms with Crippen molar-refractivity contribution in [1.82, 2.24) is 14.5 Å². The number of benzene rings is 2. The quantitative estimate of drug-likeness (QED) is 0.349. The van der Waals surface area contributed by atoms with Crippen LogP contribution in [0.25, 0.3) is 11.0 Å². The second-order valence-corrected chi connectivity index (χ2v) is 7.68. The fourth-order valence-electron chi connectivity index (χ4n) is 2.82. The standard InChI is InChI=1S/C21H23N3O4S/c1-23(2)19(25)14-29-18-11-6-3-8-15(18)20(26)28-13-7-12-24-17-10-5-4-9-16(17)22-21(24)27/h3-6,8-11H,7,12-14H2,1-2H3,(H,22,27). The summed E-state index contributed by atoms with van der Waals surface area (Å²) < 4.78 is 7.04. The van der Waals surface area contributed by atoms with E-state index < -0.39 is 5.97 Å². The molecule has 0 aliphatic heterocycles. The number of nitrogens with one attached hydrogen (secondary N) is 1. The number of hydrogen-bond donors (Lipinski definition) is 1. The molecule has 0 unspecified atom stereocenters. The van der Waals surface area contributed by atoms with Crippen molar-refractivity contribution < 1.29 is 14.3 Å². The molecule has 0 saturated heterocycles. The molecule has 0 spiro atoms. The first-order valence-corrected chi connectivity index (χ1v) is 10.2. The summed E-state index contributed by atoms with van der Waals surface area (Å²) in [6.45, 7) is 0.643. The molecule has 3 aromatic rings. The maximum absolute atomic E-state index is 12.5. The number of esters is 1. The summed E-state index contributed by atoms with van der Waals surface area (Å²) in [6.07, 6.45) is 0.516. The predicted molar refractivity (Wildman–Crippen MR) is 113 cm³/mol. The maximum Gasteiger partial charge on any atom is 0.339 e. The van der Waals surface area contributed by atoms with Gasteiger partial charge in [0.1, 0.15) is 0 Å². The summed E-state index contributed by atoms with van der Waals surface area (Å²) in [5.41, 5.74) is 1.88. The Bertz CT molecular complexity index is 1070. The number of imidazole rings is 1. The van der Waals surface area contributed by atoms with Gasteiger partial charge in [-0.05, 0) is 30.7 Å². The Morgan fingerprint density at radius 2 is 1.83 bits per heavy atom. The van der Waals surface area contributed by atoms with Crippen molar-refractivity contribution in [2.45, 2.75) is 17.9 Å². The molecule has 3 rings (SSSR count). The molecule has 0 aliphatic rings. The van der Waals surface area contributed by atoms with Gasteiger partial charge in [-0.2, -0.15) is 0 Å². The largest absolute Gasteiger partial charge is 0.462 e. The van der Waals surface area contributed by atoms with E-state index in [1.54, 1.807) is 36.9 Å². The predicted octanol–water partition coefficient (Wildman–Crippen LogP) is 2.76. The molecule has 8 heteroatoms. The van der Waals surface area contributed by atoms with E-state index in [0.29, 0.717) is 23.4 Å². The molecule has 0 fully saturated rings. The van der Waals surface area contributed by atoms with Crippen LogP contribution >= 0.6 is 11.8 Å². The number of amides is 1. The lowest BCUT2D eigenvalue weighted by atomic mass is 10.2. The second-order valence-electron chi connectivity index (χ2n) is 6.66. The van der Waals surface area contributed by atoms with E-state index >= 15 is 0 Å². The van der Waals surface area contributed by atoms with Crippen molar-refractivity contribution in [2.75, 3.05) is 26.5 Å². The maximum atomic E-state index is 12.5. The first-order chi connectivity index (χ1) is 14.0. The average molecular weight is 413 g/mol. The van der Waals surface area contributed by atoms with Crippen molar-refractivity contribution in [1.29, 1.82) is 0 Å². The van der Waals surface area contributed by atoms with E-state index in [9.17, 15) is 14.4 Å². The molecule has 1 amide bonds. The molecule has 0 aliphatic carbocycles. The van der Waals surface area contributed by atoms with Crippen LogP contribution in [0.5, 0.6) is 0 Å². The minimum absolute atomic E-state index is 0.0256. The Labute approximate surface area is 172 Å². The summed E-state index contributed by atoms with van der Waals surface area (Å²) in [6, 6.07) is 14.5. The second kappa shape index (κ2) is 9.47. The normalized spacial score (nSPS) is 10.8. The molecule has 152 valence electrons. The first-order valence-electron chi connectivity index (χ1n) is 9.24. The fourth-order valence-corrected chi connectivity index (χ4v) is 3.84. The van der Waals surface area contributed by atoms with Crippen molar-refractivity contribution in [3.63, 3.8) is 0 Å². The number of carbonyl (C=O) groups is 2. The van der Waals surface area contributed by atoms with Gasteiger partial charge >= 0.3 is 11.7 Å². The number of rotatable bonds is 8. The number of nitrogens with zero attached hydrogens (tertiary/aromatic N) is 2. The van der Waals surface area contributed by atoms with Crippen LogP contribution in [0.3, 0.4) is 0 Å². The summed E-state index contributed by atoms with van der Waals surface area (Å²) >= 11 is 1.31. The van der Waals surface area contributed by atoms with Gasteiger partial charge in [-0.1, -0.05) is 24.3 Å². The summed E-state index contributed by atoms with van der Waals surface area (Å²) in [4.78, 5) is 41.4. The molecule has 1 heterocycles. The van der Waals surface area contributed by atoms with Gasteiger partial charge in [0.15, 0.2) is 0 Å². The summed E-state index contributed by atoms with van der Waals surface area (Å²) in [5, 5.41) is 0. The van der Waals surface area contributed by atoms with Gasteiger partial charge in [0.2, 0.25) is 5.91 Å². The van der Waals surface area contributed by atoms with Crippen molar-refractivity contribution in [3.8, 4) is 0 Å². The monoisotopic (exact) mass is 413 g/mol. The highest BCUT2D eigenvalue weighted by Gasteiger charge is 2.15. The van der Waals surface area contributed by atoms with Gasteiger partial charge in [-0.25, -0.2) is 9.59 Å². The van der Waals surface area contributed by atoms with Crippen LogP contribution in [0.1, 0.15) is 16.8 Å². The Balaban J connectivity index is 1.56. The number of hydrogen-bond acceptors (Lipinski definition) is 5. The Morgan fingerprint density at radius 3 is 2.62 bits per heavy atom. The Kier molecular flexibility index (Phi) is 6.77. The average Bonchev–Trinajstić information content (AvgIpc) is 3.04. The zero-order chi connectivity index (χ0) is 20.8. The fraction of sp³-hybridized carbons (Fsp3) is 0.286. The van der Waals surface area contributed by atoms with Crippen molar-refractivity contribution >= 4 is 34.7 Å². The topological polar surface area (TPSA) is 84.4 Å². The van der Waals surface area contributed by atoms with E-state index in [0.717, 1.165) is 11.0 Å². The third kappa shape index (κ3) is 5.08. The van der Waals surface area contributed by atoms with Crippen LogP contribution in [0.2, 0.25) is 0 Å². The first kappa shape index (κ1) is 20.7. The summed E-state index contributed by atoms with van der Waals surface area (Å²) in [5.74, 6) is -0.208. The van der Waals surface area contributed by atoms with Gasteiger partial charge in [0.05, 0.1) is 29.0 Å². The Morgan fingerprint density at radius 1 is 1.10 bits per heavy atom. The number of aromatic nitrogens is 2. The van der Waals surface area contributed by atoms with Gasteiger partial charge in [0, 0.05) is 25.5 Å². The van der Waals surface area contributed by atoms with Crippen LogP contribution in [0, 0.1) is 0 Å². The molecular weight excluding hydrogens is 390 g/mol. The SMILES string of the molecule is CN(C)C(=O)CSc1ccccc1C(=O)OCCCn1c(=O)[nH]c2ccccc21. The number of aryl methyl sites for hydroxylation is 1. The van der Waals surface area contributed by atoms with Crippen LogP contribution in [0.15, 0.2) is 58.2 Å². The smallest absolute Gasteiger partial charge is 0.339 e. The minimum atomic E-state index is -0.434. The molecule has 29 heavy (non-hydrogen) atoms. The van der Waals surface area contributed by atoms with Gasteiger partial charge < -0.3 is 14.6 Å². The lowest BCUT2D eigenvalue weighted by Gasteiger charge is -2.12. The number of ether oxygens (including phenoxy) is 1. The number of aromatic amines is 1. The van der Waals surface area contributed by atoms with Gasteiger partial charge in [-0.3, -0.25) is 9.36 Å². The highest BCUT2D eigenvalue weighted by atomic mass is 32.2. The molecule has 0 radical (unpaired) electrons. The number of fused-ring (bicyclic) bond motifs is 1. The van der Waals surface area contributed by atoms with Gasteiger partial charge in [0.25, 0.3) is 0 Å². The molecular formula is C21H23N3O4S. The lowest BCUT2D eigenvalue weighted by Crippen LogP contribution is -2.23. The Hall–Kier alpha value is -3.00. The van der Waals surface area contributed by atoms with Gasteiger partial charge in [-0.15, -0.1) is 11.8 Å². The zero-order valence-electron chi connectivity index (χ0n) is 16.4. The van der Waals surface area contributed by atoms with E-state index in [1.807, 2.05) is 30.3 Å². The van der Waals surface area contributed by atoms with E-state index in [1.165, 1.54) is 16.7 Å². The van der Waals surface area contributed by atoms with Crippen molar-refractivity contribution in [2.24, 2.45) is 0 Å². The highest BCUT2D eigenvalue weighted by Crippen LogP contribution is 2.23. The highest BCUT2D eigenvalue weighted by molar-refractivity contribution is 8.00. The van der Waals surface area contributed by atoms with E-state index in [2.05, 4.69) is 4.98 Å². The third-order valence-electron chi connectivity index (χ3n) is 4.40. The molecule has 0 bridgehead atoms. The molecule has 0 saturated carbocycles. The van der Waals surface area contributed by atoms with Crippen LogP contribution in [-0.2, 0) is 16.1 Å². The molecule has 7 nitrogen and oxygen atoms in total. The molecule has 1 aromatic heterocycles. The van der Waals surface area contributed by atoms with E-state index in [-0.39, 0.29) is 24.0 Å². The van der Waals surface area contributed by atoms with Crippen LogP contribution in [-0.4, -0.2) is 52.8 Å². The summed E-state index contributed by atoms with van der Waals surface area (Å²) in [7, 11) is 3.39. The number of carbonyl (C=O) groups excluding carboxylic acids is 2. The molecule has 1 N–H and O–H groups in total. The van der Waals surface area contributed by atoms with E-state index in [4.69, 9.17) is 4.74 Å². The molecule has 0 atom stereocenters.